The molecule has 1 unspecified atom stereocenters. The lowest BCUT2D eigenvalue weighted by atomic mass is 10.1. The Morgan fingerprint density at radius 1 is 1.59 bits per heavy atom. The summed E-state index contributed by atoms with van der Waals surface area (Å²) in [5.41, 5.74) is 1.32. The molecule has 0 bridgehead atoms. The highest BCUT2D eigenvalue weighted by Gasteiger charge is 2.25. The Balaban J connectivity index is 2.31. The van der Waals surface area contributed by atoms with Crippen LogP contribution < -0.4 is 10.2 Å². The van der Waals surface area contributed by atoms with E-state index in [1.807, 2.05) is 24.0 Å². The van der Waals surface area contributed by atoms with E-state index in [0.29, 0.717) is 17.1 Å². The Hall–Kier alpha value is -1.73. The molecule has 88 valence electrons. The van der Waals surface area contributed by atoms with Gasteiger partial charge in [-0.25, -0.2) is 0 Å². The first-order chi connectivity index (χ1) is 8.13. The van der Waals surface area contributed by atoms with Gasteiger partial charge in [0, 0.05) is 18.8 Å². The third-order valence-electron chi connectivity index (χ3n) is 2.90. The number of anilines is 1. The second kappa shape index (κ2) is 4.64. The van der Waals surface area contributed by atoms with Crippen LogP contribution in [0.15, 0.2) is 18.2 Å². The van der Waals surface area contributed by atoms with Crippen LogP contribution in [0.1, 0.15) is 12.5 Å². The molecule has 1 saturated heterocycles. The number of hydrogen-bond acceptors (Lipinski definition) is 3. The monoisotopic (exact) mass is 249 g/mol. The van der Waals surface area contributed by atoms with E-state index in [1.54, 1.807) is 12.1 Å². The van der Waals surface area contributed by atoms with Gasteiger partial charge in [0.05, 0.1) is 10.6 Å². The lowest BCUT2D eigenvalue weighted by Crippen LogP contribution is -2.54. The number of amides is 1. The molecule has 1 aliphatic rings. The fourth-order valence-electron chi connectivity index (χ4n) is 1.91. The van der Waals surface area contributed by atoms with E-state index >= 15 is 0 Å². The van der Waals surface area contributed by atoms with Crippen LogP contribution in [0.2, 0.25) is 5.02 Å². The van der Waals surface area contributed by atoms with Crippen molar-refractivity contribution in [1.29, 1.82) is 5.26 Å². The molecule has 0 spiro atoms. The van der Waals surface area contributed by atoms with Crippen LogP contribution in [-0.4, -0.2) is 25.0 Å². The number of carbonyl (C=O) groups excluding carboxylic acids is 1. The Bertz CT molecular complexity index is 495. The predicted octanol–water partition coefficient (Wildman–Crippen LogP) is 1.54. The molecule has 1 aliphatic heterocycles. The van der Waals surface area contributed by atoms with Crippen molar-refractivity contribution in [2.45, 2.75) is 13.0 Å². The van der Waals surface area contributed by atoms with Crippen molar-refractivity contribution >= 4 is 23.2 Å². The highest BCUT2D eigenvalue weighted by atomic mass is 35.5. The van der Waals surface area contributed by atoms with Crippen LogP contribution in [0.5, 0.6) is 0 Å². The zero-order valence-corrected chi connectivity index (χ0v) is 10.2. The van der Waals surface area contributed by atoms with Crippen molar-refractivity contribution in [2.75, 3.05) is 18.0 Å². The summed E-state index contributed by atoms with van der Waals surface area (Å²) in [6.07, 6.45) is 0. The number of nitriles is 1. The number of nitrogens with one attached hydrogen (secondary N) is 1. The molecule has 1 aromatic rings. The maximum absolute atomic E-state index is 11.5. The number of rotatable bonds is 1. The van der Waals surface area contributed by atoms with Crippen LogP contribution in [0.4, 0.5) is 5.69 Å². The summed E-state index contributed by atoms with van der Waals surface area (Å²) in [6.45, 7) is 3.22. The van der Waals surface area contributed by atoms with Crippen molar-refractivity contribution < 1.29 is 4.79 Å². The van der Waals surface area contributed by atoms with Crippen LogP contribution in [0.25, 0.3) is 0 Å². The summed E-state index contributed by atoms with van der Waals surface area (Å²) in [5.74, 6) is 0.0109. The molecular weight excluding hydrogens is 238 g/mol. The maximum Gasteiger partial charge on any atom is 0.242 e. The SMILES string of the molecule is CC1C(=O)NCCN1c1ccc(C#N)c(Cl)c1. The van der Waals surface area contributed by atoms with Gasteiger partial charge in [0.2, 0.25) is 5.91 Å². The summed E-state index contributed by atoms with van der Waals surface area (Å²) in [7, 11) is 0. The topological polar surface area (TPSA) is 56.1 Å². The Kier molecular flexibility index (Phi) is 3.21. The van der Waals surface area contributed by atoms with E-state index in [4.69, 9.17) is 16.9 Å². The minimum Gasteiger partial charge on any atom is -0.358 e. The maximum atomic E-state index is 11.5. The van der Waals surface area contributed by atoms with E-state index in [2.05, 4.69) is 5.32 Å². The number of benzene rings is 1. The molecule has 1 atom stereocenters. The minimum atomic E-state index is -0.215. The van der Waals surface area contributed by atoms with Gasteiger partial charge < -0.3 is 10.2 Å². The molecule has 1 amide bonds. The molecule has 0 aliphatic carbocycles. The lowest BCUT2D eigenvalue weighted by molar-refractivity contribution is -0.122. The first-order valence-corrected chi connectivity index (χ1v) is 5.75. The standard InChI is InChI=1S/C12H12ClN3O/c1-8-12(17)15-4-5-16(8)10-3-2-9(7-14)11(13)6-10/h2-3,6,8H,4-5H2,1H3,(H,15,17). The molecule has 1 fully saturated rings. The van der Waals surface area contributed by atoms with Crippen molar-refractivity contribution in [3.8, 4) is 6.07 Å². The smallest absolute Gasteiger partial charge is 0.242 e. The molecule has 1 heterocycles. The van der Waals surface area contributed by atoms with Crippen LogP contribution in [0.3, 0.4) is 0 Å². The largest absolute Gasteiger partial charge is 0.358 e. The Labute approximate surface area is 105 Å². The molecule has 5 heteroatoms. The summed E-state index contributed by atoms with van der Waals surface area (Å²) in [5, 5.41) is 12.0. The molecule has 17 heavy (non-hydrogen) atoms. The number of carbonyl (C=O) groups is 1. The highest BCUT2D eigenvalue weighted by Crippen LogP contribution is 2.25. The van der Waals surface area contributed by atoms with E-state index in [0.717, 1.165) is 12.2 Å². The molecular formula is C12H12ClN3O. The van der Waals surface area contributed by atoms with Gasteiger partial charge in [0.15, 0.2) is 0 Å². The van der Waals surface area contributed by atoms with Crippen LogP contribution >= 0.6 is 11.6 Å². The van der Waals surface area contributed by atoms with E-state index in [-0.39, 0.29) is 11.9 Å². The zero-order valence-electron chi connectivity index (χ0n) is 9.40. The Morgan fingerprint density at radius 2 is 2.35 bits per heavy atom. The number of halogens is 1. The molecule has 0 saturated carbocycles. The fourth-order valence-corrected chi connectivity index (χ4v) is 2.13. The molecule has 0 radical (unpaired) electrons. The number of piperazine rings is 1. The van der Waals surface area contributed by atoms with Gasteiger partial charge in [0.25, 0.3) is 0 Å². The number of hydrogen-bond donors (Lipinski definition) is 1. The summed E-state index contributed by atoms with van der Waals surface area (Å²) in [4.78, 5) is 13.5. The molecule has 1 N–H and O–H groups in total. The lowest BCUT2D eigenvalue weighted by Gasteiger charge is -2.34. The van der Waals surface area contributed by atoms with Gasteiger partial charge in [0.1, 0.15) is 12.1 Å². The van der Waals surface area contributed by atoms with Crippen molar-refractivity contribution in [2.24, 2.45) is 0 Å². The van der Waals surface area contributed by atoms with E-state index in [1.165, 1.54) is 0 Å². The highest BCUT2D eigenvalue weighted by molar-refractivity contribution is 6.32. The average Bonchev–Trinajstić information content (AvgIpc) is 2.32. The minimum absolute atomic E-state index is 0.0109. The van der Waals surface area contributed by atoms with Crippen LogP contribution in [-0.2, 0) is 4.79 Å². The van der Waals surface area contributed by atoms with E-state index < -0.39 is 0 Å². The first-order valence-electron chi connectivity index (χ1n) is 5.37. The Morgan fingerprint density at radius 3 is 3.00 bits per heavy atom. The second-order valence-electron chi connectivity index (χ2n) is 3.94. The normalized spacial score (nSPS) is 19.7. The molecule has 4 nitrogen and oxygen atoms in total. The first kappa shape index (κ1) is 11.7. The van der Waals surface area contributed by atoms with Gasteiger partial charge in [-0.2, -0.15) is 5.26 Å². The van der Waals surface area contributed by atoms with E-state index in [9.17, 15) is 4.79 Å². The third kappa shape index (κ3) is 2.20. The van der Waals surface area contributed by atoms with Crippen LogP contribution in [0, 0.1) is 11.3 Å². The molecule has 0 aromatic heterocycles. The van der Waals surface area contributed by atoms with Gasteiger partial charge in [-0.3, -0.25) is 4.79 Å². The summed E-state index contributed by atoms with van der Waals surface area (Å²) >= 11 is 5.98. The van der Waals surface area contributed by atoms with Crippen molar-refractivity contribution in [1.82, 2.24) is 5.32 Å². The predicted molar refractivity (Wildman–Crippen MR) is 66.0 cm³/mol. The van der Waals surface area contributed by atoms with Crippen molar-refractivity contribution in [3.63, 3.8) is 0 Å². The zero-order chi connectivity index (χ0) is 12.4. The second-order valence-corrected chi connectivity index (χ2v) is 4.34. The number of nitrogens with zero attached hydrogens (tertiary/aromatic N) is 2. The fraction of sp³-hybridized carbons (Fsp3) is 0.333. The van der Waals surface area contributed by atoms with Crippen molar-refractivity contribution in [3.05, 3.63) is 28.8 Å². The summed E-state index contributed by atoms with van der Waals surface area (Å²) in [6, 6.07) is 7.03. The van der Waals surface area contributed by atoms with Gasteiger partial charge in [-0.05, 0) is 25.1 Å². The quantitative estimate of drug-likeness (QED) is 0.821. The third-order valence-corrected chi connectivity index (χ3v) is 3.22. The van der Waals surface area contributed by atoms with Gasteiger partial charge in [-0.1, -0.05) is 11.6 Å². The molecule has 2 rings (SSSR count). The summed E-state index contributed by atoms with van der Waals surface area (Å²) < 4.78 is 0. The molecule has 1 aromatic carbocycles. The average molecular weight is 250 g/mol. The van der Waals surface area contributed by atoms with Gasteiger partial charge >= 0.3 is 0 Å². The van der Waals surface area contributed by atoms with Gasteiger partial charge in [-0.15, -0.1) is 0 Å².